The predicted octanol–water partition coefficient (Wildman–Crippen LogP) is 1.11. The second-order valence-electron chi connectivity index (χ2n) is 7.24. The summed E-state index contributed by atoms with van der Waals surface area (Å²) in [6, 6.07) is 5.74. The first-order chi connectivity index (χ1) is 12.1. The van der Waals surface area contributed by atoms with E-state index in [0.717, 1.165) is 0 Å². The van der Waals surface area contributed by atoms with Crippen LogP contribution in [0.15, 0.2) is 24.3 Å². The van der Waals surface area contributed by atoms with Gasteiger partial charge in [0.1, 0.15) is 18.6 Å². The van der Waals surface area contributed by atoms with Crippen LogP contribution in [0.3, 0.4) is 0 Å². The molecular weight excluding hydrogens is 334 g/mol. The van der Waals surface area contributed by atoms with E-state index in [0.29, 0.717) is 17.6 Å². The highest BCUT2D eigenvalue weighted by Gasteiger charge is 2.31. The molecule has 7 heteroatoms. The van der Waals surface area contributed by atoms with Gasteiger partial charge in [-0.2, -0.15) is 0 Å². The van der Waals surface area contributed by atoms with Gasteiger partial charge in [0, 0.05) is 17.5 Å². The first kappa shape index (κ1) is 21.6. The zero-order valence-electron chi connectivity index (χ0n) is 15.6. The lowest BCUT2D eigenvalue weighted by Gasteiger charge is -2.29. The van der Waals surface area contributed by atoms with Crippen molar-refractivity contribution in [3.8, 4) is 17.6 Å². The van der Waals surface area contributed by atoms with Gasteiger partial charge in [0.2, 0.25) is 0 Å². The molecule has 1 aromatic carbocycles. The van der Waals surface area contributed by atoms with Crippen LogP contribution in [0.5, 0.6) is 5.75 Å². The van der Waals surface area contributed by atoms with Crippen molar-refractivity contribution in [3.63, 3.8) is 0 Å². The number of rotatable bonds is 8. The lowest BCUT2D eigenvalue weighted by atomic mass is 9.95. The number of amides is 1. The minimum atomic E-state index is -1.32. The van der Waals surface area contributed by atoms with Gasteiger partial charge in [-0.1, -0.05) is 11.8 Å². The fourth-order valence-corrected chi connectivity index (χ4v) is 1.96. The molecule has 1 aromatic rings. The molecule has 0 aliphatic carbocycles. The first-order valence-electron chi connectivity index (χ1n) is 8.25. The lowest BCUT2D eigenvalue weighted by molar-refractivity contribution is -0.112. The smallest absolute Gasteiger partial charge is 0.251 e. The van der Waals surface area contributed by atoms with E-state index in [4.69, 9.17) is 15.7 Å². The van der Waals surface area contributed by atoms with E-state index in [1.807, 2.05) is 26.3 Å². The molecule has 0 heterocycles. The molecule has 142 valence electrons. The third kappa shape index (κ3) is 7.23. The molecule has 0 saturated carbocycles. The van der Waals surface area contributed by atoms with Crippen LogP contribution in [0.25, 0.3) is 0 Å². The van der Waals surface area contributed by atoms with Gasteiger partial charge in [0.05, 0.1) is 11.6 Å². The summed E-state index contributed by atoms with van der Waals surface area (Å²) < 4.78 is 5.51. The molecule has 1 rings (SSSR count). The zero-order chi connectivity index (χ0) is 19.8. The number of benzene rings is 1. The summed E-state index contributed by atoms with van der Waals surface area (Å²) in [5, 5.41) is 11.5. The van der Waals surface area contributed by atoms with Crippen molar-refractivity contribution in [2.75, 3.05) is 13.2 Å². The van der Waals surface area contributed by atoms with E-state index in [-0.39, 0.29) is 18.6 Å². The van der Waals surface area contributed by atoms with Crippen LogP contribution in [-0.4, -0.2) is 42.1 Å². The Morgan fingerprint density at radius 3 is 2.42 bits per heavy atom. The molecule has 2 atom stereocenters. The minimum Gasteiger partial charge on any atom is -0.481 e. The highest BCUT2D eigenvalue weighted by Crippen LogP contribution is 2.13. The van der Waals surface area contributed by atoms with E-state index in [1.54, 1.807) is 24.3 Å². The zero-order valence-corrected chi connectivity index (χ0v) is 15.6. The molecule has 5 N–H and O–H groups in total. The molecule has 0 aromatic heterocycles. The molecule has 7 nitrogen and oxygen atoms in total. The van der Waals surface area contributed by atoms with E-state index < -0.39 is 17.5 Å². The molecule has 0 bridgehead atoms. The average molecular weight is 361 g/mol. The summed E-state index contributed by atoms with van der Waals surface area (Å²) in [7, 11) is 0. The number of ether oxygens (including phenoxy) is 1. The number of nitrogens with one attached hydrogen (secondary N) is 2. The fraction of sp³-hybridized carbons (Fsp3) is 0.474. The average Bonchev–Trinajstić information content (AvgIpc) is 2.58. The van der Waals surface area contributed by atoms with Crippen LogP contribution in [0, 0.1) is 17.3 Å². The van der Waals surface area contributed by atoms with Crippen molar-refractivity contribution in [2.24, 2.45) is 11.1 Å². The van der Waals surface area contributed by atoms with Crippen LogP contribution < -0.4 is 21.3 Å². The highest BCUT2D eigenvalue weighted by atomic mass is 16.5. The van der Waals surface area contributed by atoms with Crippen molar-refractivity contribution >= 4 is 12.2 Å². The monoisotopic (exact) mass is 361 g/mol. The number of hydrogen-bond acceptors (Lipinski definition) is 6. The van der Waals surface area contributed by atoms with Crippen LogP contribution in [0.1, 0.15) is 38.1 Å². The van der Waals surface area contributed by atoms with Crippen LogP contribution >= 0.6 is 0 Å². The van der Waals surface area contributed by atoms with Gasteiger partial charge >= 0.3 is 0 Å². The van der Waals surface area contributed by atoms with Crippen molar-refractivity contribution in [3.05, 3.63) is 29.8 Å². The quantitative estimate of drug-likeness (QED) is 0.313. The Morgan fingerprint density at radius 2 is 1.92 bits per heavy atom. The lowest BCUT2D eigenvalue weighted by Crippen LogP contribution is -2.61. The highest BCUT2D eigenvalue weighted by molar-refractivity contribution is 5.94. The van der Waals surface area contributed by atoms with E-state index in [9.17, 15) is 9.59 Å². The van der Waals surface area contributed by atoms with Crippen LogP contribution in [0.4, 0.5) is 0 Å². The van der Waals surface area contributed by atoms with Crippen molar-refractivity contribution in [1.82, 2.24) is 10.8 Å². The maximum absolute atomic E-state index is 12.3. The Balaban J connectivity index is 2.70. The summed E-state index contributed by atoms with van der Waals surface area (Å²) in [5.41, 5.74) is 6.73. The molecular formula is C19H27N3O4. The van der Waals surface area contributed by atoms with Gasteiger partial charge in [-0.15, -0.1) is 0 Å². The second-order valence-corrected chi connectivity index (χ2v) is 7.24. The third-order valence-corrected chi connectivity index (χ3v) is 3.50. The van der Waals surface area contributed by atoms with E-state index in [2.05, 4.69) is 17.2 Å². The third-order valence-electron chi connectivity index (χ3n) is 3.50. The molecule has 0 saturated heterocycles. The SMILES string of the molecule is CC(C)(C)C#CCOc1ccc(C(=O)NC(CNO)C(C)(N)C=O)cc1. The van der Waals surface area contributed by atoms with Gasteiger partial charge in [-0.3, -0.25) is 4.79 Å². The Kier molecular flexibility index (Phi) is 7.77. The summed E-state index contributed by atoms with van der Waals surface area (Å²) in [4.78, 5) is 23.4. The van der Waals surface area contributed by atoms with Gasteiger partial charge in [0.25, 0.3) is 5.91 Å². The predicted molar refractivity (Wildman–Crippen MR) is 98.9 cm³/mol. The second kappa shape index (κ2) is 9.34. The fourth-order valence-electron chi connectivity index (χ4n) is 1.96. The Labute approximate surface area is 154 Å². The summed E-state index contributed by atoms with van der Waals surface area (Å²) in [6.07, 6.45) is 0.533. The molecule has 0 fully saturated rings. The molecule has 26 heavy (non-hydrogen) atoms. The van der Waals surface area contributed by atoms with Gasteiger partial charge in [-0.05, 0) is 52.0 Å². The number of hydroxylamine groups is 1. The number of hydrogen-bond donors (Lipinski definition) is 4. The molecule has 2 unspecified atom stereocenters. The maximum atomic E-state index is 12.3. The Bertz CT molecular complexity index is 667. The molecule has 0 radical (unpaired) electrons. The van der Waals surface area contributed by atoms with Gasteiger partial charge < -0.3 is 25.8 Å². The van der Waals surface area contributed by atoms with Gasteiger partial charge in [0.15, 0.2) is 0 Å². The van der Waals surface area contributed by atoms with Crippen molar-refractivity contribution in [1.29, 1.82) is 0 Å². The first-order valence-corrected chi connectivity index (χ1v) is 8.25. The molecule has 0 aliphatic heterocycles. The number of carbonyl (C=O) groups excluding carboxylic acids is 2. The summed E-state index contributed by atoms with van der Waals surface area (Å²) >= 11 is 0. The van der Waals surface area contributed by atoms with E-state index >= 15 is 0 Å². The van der Waals surface area contributed by atoms with E-state index in [1.165, 1.54) is 6.92 Å². The standard InChI is InChI=1S/C19H27N3O4/c1-18(2,3)10-5-11-26-15-8-6-14(7-9-15)17(24)22-16(12-21-25)19(4,20)13-23/h6-9,13,16,21,25H,11-12,20H2,1-4H3,(H,22,24). The maximum Gasteiger partial charge on any atom is 0.251 e. The largest absolute Gasteiger partial charge is 0.481 e. The Hall–Kier alpha value is -2.40. The van der Waals surface area contributed by atoms with Crippen molar-refractivity contribution in [2.45, 2.75) is 39.3 Å². The molecule has 0 spiro atoms. The summed E-state index contributed by atoms with van der Waals surface area (Å²) in [5.74, 6) is 6.19. The minimum absolute atomic E-state index is 0.0644. The van der Waals surface area contributed by atoms with Crippen molar-refractivity contribution < 1.29 is 19.5 Å². The van der Waals surface area contributed by atoms with Crippen LogP contribution in [0.2, 0.25) is 0 Å². The molecule has 0 aliphatic rings. The number of aldehydes is 1. The number of carbonyl (C=O) groups is 2. The Morgan fingerprint density at radius 1 is 1.31 bits per heavy atom. The normalized spacial score (nSPS) is 14.4. The summed E-state index contributed by atoms with van der Waals surface area (Å²) in [6.45, 7) is 7.72. The topological polar surface area (TPSA) is 114 Å². The number of nitrogens with two attached hydrogens (primary N) is 1. The molecule has 1 amide bonds. The van der Waals surface area contributed by atoms with Gasteiger partial charge in [-0.25, -0.2) is 5.48 Å². The van der Waals surface area contributed by atoms with Crippen LogP contribution in [-0.2, 0) is 4.79 Å².